The van der Waals surface area contributed by atoms with E-state index in [1.807, 2.05) is 11.3 Å². The maximum Gasteiger partial charge on any atom is 0.0725 e. The zero-order valence-electron chi connectivity index (χ0n) is 34.2. The van der Waals surface area contributed by atoms with Crippen molar-refractivity contribution in [3.8, 4) is 61.3 Å². The van der Waals surface area contributed by atoms with Gasteiger partial charge >= 0.3 is 0 Å². The Hall–Kier alpha value is -7.78. The van der Waals surface area contributed by atoms with Crippen LogP contribution in [-0.4, -0.2) is 4.57 Å². The minimum Gasteiger partial charge on any atom is -0.309 e. The van der Waals surface area contributed by atoms with E-state index in [2.05, 4.69) is 229 Å². The molecular formula is C61H37NS. The summed E-state index contributed by atoms with van der Waals surface area (Å²) in [4.78, 5) is 0. The van der Waals surface area contributed by atoms with Crippen LogP contribution in [0.15, 0.2) is 224 Å². The van der Waals surface area contributed by atoms with Crippen LogP contribution in [0.25, 0.3) is 103 Å². The molecular weight excluding hydrogens is 779 g/mol. The molecule has 292 valence electrons. The fourth-order valence-electron chi connectivity index (χ4n) is 11.4. The van der Waals surface area contributed by atoms with E-state index in [1.165, 1.54) is 126 Å². The number of thiophene rings is 1. The predicted octanol–water partition coefficient (Wildman–Crippen LogP) is 16.5. The zero-order chi connectivity index (χ0) is 41.2. The van der Waals surface area contributed by atoms with Gasteiger partial charge in [-0.3, -0.25) is 0 Å². The smallest absolute Gasteiger partial charge is 0.0725 e. The summed E-state index contributed by atoms with van der Waals surface area (Å²) in [6, 6.07) is 84.2. The van der Waals surface area contributed by atoms with E-state index in [-0.39, 0.29) is 0 Å². The van der Waals surface area contributed by atoms with Crippen LogP contribution in [0.5, 0.6) is 0 Å². The predicted molar refractivity (Wildman–Crippen MR) is 266 cm³/mol. The highest BCUT2D eigenvalue weighted by Gasteiger charge is 2.49. The molecule has 2 aliphatic carbocycles. The highest BCUT2D eigenvalue weighted by molar-refractivity contribution is 7.25. The number of benzene rings is 10. The van der Waals surface area contributed by atoms with Crippen LogP contribution in [0, 0.1) is 0 Å². The lowest BCUT2D eigenvalue weighted by molar-refractivity contribution is 0.775. The molecule has 2 heterocycles. The highest BCUT2D eigenvalue weighted by Crippen LogP contribution is 2.61. The molecule has 0 amide bonds. The average Bonchev–Trinajstić information content (AvgIpc) is 3.97. The molecule has 2 aromatic heterocycles. The summed E-state index contributed by atoms with van der Waals surface area (Å²) in [5, 5.41) is 5.14. The molecule has 14 rings (SSSR count). The third-order valence-corrected chi connectivity index (χ3v) is 15.2. The monoisotopic (exact) mass is 815 g/mol. The summed E-state index contributed by atoms with van der Waals surface area (Å²) in [5.74, 6) is 0. The molecule has 1 nitrogen and oxygen atoms in total. The fraction of sp³-hybridized carbons (Fsp3) is 0.0164. The second kappa shape index (κ2) is 13.1. The van der Waals surface area contributed by atoms with Crippen molar-refractivity contribution in [2.45, 2.75) is 5.41 Å². The lowest BCUT2D eigenvalue weighted by atomic mass is 9.65. The van der Waals surface area contributed by atoms with Crippen molar-refractivity contribution in [2.24, 2.45) is 0 Å². The molecule has 2 heteroatoms. The topological polar surface area (TPSA) is 4.93 Å². The highest BCUT2D eigenvalue weighted by atomic mass is 32.1. The number of fused-ring (bicyclic) bond motifs is 18. The van der Waals surface area contributed by atoms with Crippen LogP contribution in [0.3, 0.4) is 0 Å². The molecule has 1 spiro atoms. The van der Waals surface area contributed by atoms with Crippen LogP contribution < -0.4 is 0 Å². The molecule has 63 heavy (non-hydrogen) atoms. The minimum atomic E-state index is -0.503. The fourth-order valence-corrected chi connectivity index (χ4v) is 12.4. The molecule has 0 atom stereocenters. The van der Waals surface area contributed by atoms with Gasteiger partial charge in [-0.2, -0.15) is 0 Å². The van der Waals surface area contributed by atoms with Crippen molar-refractivity contribution in [3.63, 3.8) is 0 Å². The summed E-state index contributed by atoms with van der Waals surface area (Å²) in [7, 11) is 0. The van der Waals surface area contributed by atoms with Gasteiger partial charge in [-0.25, -0.2) is 0 Å². The molecule has 0 radical (unpaired) electrons. The Morgan fingerprint density at radius 3 is 1.33 bits per heavy atom. The van der Waals surface area contributed by atoms with Crippen molar-refractivity contribution in [1.29, 1.82) is 0 Å². The Kier molecular flexibility index (Phi) is 7.26. The number of rotatable bonds is 3. The van der Waals surface area contributed by atoms with Gasteiger partial charge in [0.15, 0.2) is 0 Å². The Morgan fingerprint density at radius 2 is 0.714 bits per heavy atom. The van der Waals surface area contributed by atoms with E-state index in [0.717, 1.165) is 0 Å². The second-order valence-electron chi connectivity index (χ2n) is 17.1. The van der Waals surface area contributed by atoms with Gasteiger partial charge in [0.2, 0.25) is 0 Å². The first-order valence-corrected chi connectivity index (χ1v) is 22.6. The Labute approximate surface area is 369 Å². The first-order valence-electron chi connectivity index (χ1n) is 21.8. The van der Waals surface area contributed by atoms with Crippen LogP contribution in [0.4, 0.5) is 0 Å². The third kappa shape index (κ3) is 4.82. The molecule has 2 aliphatic rings. The van der Waals surface area contributed by atoms with Gasteiger partial charge in [0, 0.05) is 36.6 Å². The van der Waals surface area contributed by atoms with Crippen LogP contribution in [0.1, 0.15) is 22.3 Å². The van der Waals surface area contributed by atoms with Crippen molar-refractivity contribution < 1.29 is 0 Å². The SMILES string of the molecule is c1ccc(-n2c3ccccc3c3cc(-c4ccc5sc6ccc(-c7ccc8c(c7)C7(c9ccccc9-c9ccccc9-c9ccccc97)c7ccccc7-8)cc6c5c4)ccc32)cc1. The van der Waals surface area contributed by atoms with E-state index >= 15 is 0 Å². The maximum atomic E-state index is 2.52. The van der Waals surface area contributed by atoms with Gasteiger partial charge in [-0.1, -0.05) is 164 Å². The van der Waals surface area contributed by atoms with Crippen LogP contribution >= 0.6 is 11.3 Å². The first kappa shape index (κ1) is 34.9. The van der Waals surface area contributed by atoms with E-state index in [9.17, 15) is 0 Å². The number of hydrogen-bond acceptors (Lipinski definition) is 1. The lowest BCUT2D eigenvalue weighted by Gasteiger charge is -2.35. The summed E-state index contributed by atoms with van der Waals surface area (Å²) >= 11 is 1.88. The Balaban J connectivity index is 0.945. The van der Waals surface area contributed by atoms with Crippen LogP contribution in [-0.2, 0) is 5.41 Å². The molecule has 12 aromatic rings. The summed E-state index contributed by atoms with van der Waals surface area (Å²) in [6.07, 6.45) is 0. The molecule has 10 aromatic carbocycles. The van der Waals surface area contributed by atoms with Gasteiger partial charge in [0.05, 0.1) is 16.4 Å². The van der Waals surface area contributed by atoms with Crippen molar-refractivity contribution >= 4 is 53.3 Å². The average molecular weight is 816 g/mol. The van der Waals surface area contributed by atoms with Gasteiger partial charge in [-0.05, 0) is 139 Å². The number of aromatic nitrogens is 1. The minimum absolute atomic E-state index is 0.503. The first-order chi connectivity index (χ1) is 31.2. The molecule has 0 saturated heterocycles. The van der Waals surface area contributed by atoms with Gasteiger partial charge in [-0.15, -0.1) is 11.3 Å². The summed E-state index contributed by atoms with van der Waals surface area (Å²) in [6.45, 7) is 0. The van der Waals surface area contributed by atoms with Crippen molar-refractivity contribution in [3.05, 3.63) is 247 Å². The molecule has 0 bridgehead atoms. The van der Waals surface area contributed by atoms with E-state index < -0.39 is 5.41 Å². The summed E-state index contributed by atoms with van der Waals surface area (Å²) in [5.41, 5.74) is 21.2. The van der Waals surface area contributed by atoms with Gasteiger partial charge in [0.1, 0.15) is 0 Å². The second-order valence-corrected chi connectivity index (χ2v) is 18.2. The van der Waals surface area contributed by atoms with Gasteiger partial charge in [0.25, 0.3) is 0 Å². The quantitative estimate of drug-likeness (QED) is 0.167. The normalized spacial score (nSPS) is 13.2. The van der Waals surface area contributed by atoms with E-state index in [1.54, 1.807) is 0 Å². The van der Waals surface area contributed by atoms with E-state index in [4.69, 9.17) is 0 Å². The molecule has 0 aliphatic heterocycles. The van der Waals surface area contributed by atoms with E-state index in [0.29, 0.717) is 0 Å². The largest absolute Gasteiger partial charge is 0.309 e. The lowest BCUT2D eigenvalue weighted by Crippen LogP contribution is -2.29. The van der Waals surface area contributed by atoms with Crippen molar-refractivity contribution in [2.75, 3.05) is 0 Å². The molecule has 0 fully saturated rings. The Bertz CT molecular complexity index is 3800. The third-order valence-electron chi connectivity index (χ3n) is 14.0. The number of hydrogen-bond donors (Lipinski definition) is 0. The van der Waals surface area contributed by atoms with Crippen LogP contribution in [0.2, 0.25) is 0 Å². The number of para-hydroxylation sites is 2. The standard InChI is InChI=1S/C61H37NS/c1-2-14-42(15-3-1)62-57-25-13-9-21-49(57)50-34-38(27-31-58(50)62)39-28-32-59-51(35-39)52-36-40(29-33-60(52)63-59)41-26-30-48-47-20-8-12-24-55(47)61(56(48)37-41)53-22-10-6-18-45(53)43-16-4-5-17-44(43)46-19-7-11-23-54(46)61/h1-37H. The summed E-state index contributed by atoms with van der Waals surface area (Å²) < 4.78 is 5.00. The van der Waals surface area contributed by atoms with Gasteiger partial charge < -0.3 is 4.57 Å². The molecule has 0 unspecified atom stereocenters. The zero-order valence-corrected chi connectivity index (χ0v) is 35.0. The maximum absolute atomic E-state index is 2.52. The Morgan fingerprint density at radius 1 is 0.286 bits per heavy atom. The molecule has 0 saturated carbocycles. The number of nitrogens with zero attached hydrogens (tertiary/aromatic N) is 1. The molecule has 0 N–H and O–H groups in total. The van der Waals surface area contributed by atoms with Crippen molar-refractivity contribution in [1.82, 2.24) is 4.57 Å².